The molecule has 3 nitrogen and oxygen atoms in total. The van der Waals surface area contributed by atoms with Gasteiger partial charge in [-0.15, -0.1) is 0 Å². The van der Waals surface area contributed by atoms with Crippen molar-refractivity contribution in [3.63, 3.8) is 0 Å². The van der Waals surface area contributed by atoms with Crippen LogP contribution in [0.4, 0.5) is 4.39 Å². The molecule has 2 aromatic rings. The number of nitrogens with one attached hydrogen (secondary N) is 1. The number of benzene rings is 2. The van der Waals surface area contributed by atoms with Crippen molar-refractivity contribution >= 4 is 17.5 Å². The predicted molar refractivity (Wildman–Crippen MR) is 89.7 cm³/mol. The van der Waals surface area contributed by atoms with Crippen molar-refractivity contribution in [2.75, 3.05) is 6.61 Å². The lowest BCUT2D eigenvalue weighted by atomic mass is 10.1. The average Bonchev–Trinajstić information content (AvgIpc) is 2.48. The highest BCUT2D eigenvalue weighted by Gasteiger charge is 2.14. The lowest BCUT2D eigenvalue weighted by Crippen LogP contribution is -2.37. The van der Waals surface area contributed by atoms with Crippen molar-refractivity contribution < 1.29 is 13.9 Å². The van der Waals surface area contributed by atoms with Crippen LogP contribution in [0.25, 0.3) is 0 Å². The molecule has 0 bridgehead atoms. The summed E-state index contributed by atoms with van der Waals surface area (Å²) in [7, 11) is 0. The third kappa shape index (κ3) is 4.70. The molecule has 5 heteroatoms. The summed E-state index contributed by atoms with van der Waals surface area (Å²) in [6.07, 6.45) is 0. The summed E-state index contributed by atoms with van der Waals surface area (Å²) in [4.78, 5) is 12.0. The second kappa shape index (κ2) is 7.47. The fourth-order valence-electron chi connectivity index (χ4n) is 2.04. The van der Waals surface area contributed by atoms with Crippen LogP contribution < -0.4 is 10.1 Å². The average molecular weight is 336 g/mol. The van der Waals surface area contributed by atoms with Crippen molar-refractivity contribution in [2.24, 2.45) is 0 Å². The normalized spacial score (nSPS) is 11.9. The highest BCUT2D eigenvalue weighted by molar-refractivity contribution is 6.30. The van der Waals surface area contributed by atoms with Crippen molar-refractivity contribution in [3.8, 4) is 5.75 Å². The van der Waals surface area contributed by atoms with Gasteiger partial charge in [0.25, 0.3) is 5.91 Å². The zero-order chi connectivity index (χ0) is 17.0. The fraction of sp³-hybridized carbons (Fsp3) is 0.278. The van der Waals surface area contributed by atoms with E-state index >= 15 is 0 Å². The van der Waals surface area contributed by atoms with Gasteiger partial charge in [-0.2, -0.15) is 0 Å². The quantitative estimate of drug-likeness (QED) is 0.885. The summed E-state index contributed by atoms with van der Waals surface area (Å²) in [5.74, 6) is -0.389. The Bertz CT molecular complexity index is 718. The molecule has 0 aromatic heterocycles. The molecule has 1 atom stereocenters. The highest BCUT2D eigenvalue weighted by atomic mass is 35.5. The molecule has 1 N–H and O–H groups in total. The summed E-state index contributed by atoms with van der Waals surface area (Å²) in [6, 6.07) is 9.52. The van der Waals surface area contributed by atoms with Gasteiger partial charge < -0.3 is 10.1 Å². The van der Waals surface area contributed by atoms with E-state index in [4.69, 9.17) is 16.3 Å². The molecule has 2 rings (SSSR count). The second-order valence-electron chi connectivity index (χ2n) is 5.56. The molecule has 0 aliphatic rings. The van der Waals surface area contributed by atoms with Crippen molar-refractivity contribution in [1.29, 1.82) is 0 Å². The van der Waals surface area contributed by atoms with Gasteiger partial charge >= 0.3 is 0 Å². The third-order valence-corrected chi connectivity index (χ3v) is 3.77. The number of carbonyl (C=O) groups excluding carboxylic acids is 1. The van der Waals surface area contributed by atoms with Crippen molar-refractivity contribution in [1.82, 2.24) is 5.32 Å². The maximum Gasteiger partial charge on any atom is 0.254 e. The molecular formula is C18H19ClFNO2. The van der Waals surface area contributed by atoms with Gasteiger partial charge in [0.2, 0.25) is 0 Å². The molecule has 0 aliphatic heterocycles. The van der Waals surface area contributed by atoms with Gasteiger partial charge in [-0.25, -0.2) is 4.39 Å². The van der Waals surface area contributed by atoms with Crippen LogP contribution in [0.2, 0.25) is 5.02 Å². The Morgan fingerprint density at radius 1 is 1.22 bits per heavy atom. The van der Waals surface area contributed by atoms with Crippen LogP contribution in [0.5, 0.6) is 5.75 Å². The van der Waals surface area contributed by atoms with Crippen LogP contribution in [0.1, 0.15) is 28.4 Å². The van der Waals surface area contributed by atoms with Crippen LogP contribution >= 0.6 is 11.6 Å². The van der Waals surface area contributed by atoms with Gasteiger partial charge in [-0.3, -0.25) is 4.79 Å². The number of rotatable bonds is 5. The van der Waals surface area contributed by atoms with Crippen LogP contribution in [0.3, 0.4) is 0 Å². The summed E-state index contributed by atoms with van der Waals surface area (Å²) in [5.41, 5.74) is 2.30. The molecule has 1 amide bonds. The predicted octanol–water partition coefficient (Wildman–Crippen LogP) is 4.29. The van der Waals surface area contributed by atoms with Gasteiger partial charge in [0.05, 0.1) is 11.6 Å². The van der Waals surface area contributed by atoms with Crippen molar-refractivity contribution in [2.45, 2.75) is 26.8 Å². The van der Waals surface area contributed by atoms with E-state index in [1.807, 2.05) is 32.0 Å². The van der Waals surface area contributed by atoms with E-state index in [9.17, 15) is 9.18 Å². The summed E-state index contributed by atoms with van der Waals surface area (Å²) >= 11 is 5.68. The first-order valence-electron chi connectivity index (χ1n) is 7.33. The second-order valence-corrected chi connectivity index (χ2v) is 5.99. The van der Waals surface area contributed by atoms with E-state index in [0.29, 0.717) is 6.61 Å². The number of aryl methyl sites for hydroxylation is 2. The molecule has 23 heavy (non-hydrogen) atoms. The van der Waals surface area contributed by atoms with Gasteiger partial charge in [-0.05, 0) is 62.2 Å². The van der Waals surface area contributed by atoms with Gasteiger partial charge in [0.1, 0.15) is 18.2 Å². The van der Waals surface area contributed by atoms with E-state index in [1.54, 1.807) is 6.92 Å². The molecule has 0 heterocycles. The number of ether oxygens (including phenoxy) is 1. The Morgan fingerprint density at radius 2 is 1.96 bits per heavy atom. The van der Waals surface area contributed by atoms with E-state index in [-0.39, 0.29) is 16.6 Å². The number of hydrogen-bond acceptors (Lipinski definition) is 2. The first kappa shape index (κ1) is 17.3. The first-order chi connectivity index (χ1) is 10.9. The number of hydrogen-bond donors (Lipinski definition) is 1. The fourth-order valence-corrected chi connectivity index (χ4v) is 2.20. The standard InChI is InChI=1S/C18H19ClFNO2/c1-11-4-6-15(8-12(11)2)23-10-13(3)21-18(22)16-7-5-14(19)9-17(16)20/h4-9,13H,10H2,1-3H3,(H,21,22)/t13-/m1/s1. The minimum Gasteiger partial charge on any atom is -0.491 e. The smallest absolute Gasteiger partial charge is 0.254 e. The number of halogens is 2. The largest absolute Gasteiger partial charge is 0.491 e. The molecular weight excluding hydrogens is 317 g/mol. The maximum atomic E-state index is 13.7. The Kier molecular flexibility index (Phi) is 5.61. The van der Waals surface area contributed by atoms with Crippen LogP contribution in [-0.2, 0) is 0 Å². The Labute approximate surface area is 140 Å². The molecule has 0 radical (unpaired) electrons. The molecule has 0 aliphatic carbocycles. The van der Waals surface area contributed by atoms with Gasteiger partial charge in [0, 0.05) is 5.02 Å². The van der Waals surface area contributed by atoms with E-state index in [0.717, 1.165) is 17.4 Å². The minimum absolute atomic E-state index is 0.0348. The summed E-state index contributed by atoms with van der Waals surface area (Å²) in [5, 5.41) is 2.96. The summed E-state index contributed by atoms with van der Waals surface area (Å²) in [6.45, 7) is 6.13. The molecule has 122 valence electrons. The molecule has 0 saturated carbocycles. The number of carbonyl (C=O) groups is 1. The van der Waals surface area contributed by atoms with Crippen molar-refractivity contribution in [3.05, 3.63) is 63.9 Å². The Morgan fingerprint density at radius 3 is 2.61 bits per heavy atom. The monoisotopic (exact) mass is 335 g/mol. The number of amides is 1. The van der Waals surface area contributed by atoms with Crippen LogP contribution in [0, 0.1) is 19.7 Å². The first-order valence-corrected chi connectivity index (χ1v) is 7.70. The van der Waals surface area contributed by atoms with Crippen LogP contribution in [-0.4, -0.2) is 18.6 Å². The molecule has 0 fully saturated rings. The van der Waals surface area contributed by atoms with Crippen LogP contribution in [0.15, 0.2) is 36.4 Å². The zero-order valence-corrected chi connectivity index (χ0v) is 14.1. The highest BCUT2D eigenvalue weighted by Crippen LogP contribution is 2.17. The molecule has 2 aromatic carbocycles. The lowest BCUT2D eigenvalue weighted by molar-refractivity contribution is 0.0922. The van der Waals surface area contributed by atoms with E-state index in [2.05, 4.69) is 5.32 Å². The topological polar surface area (TPSA) is 38.3 Å². The lowest BCUT2D eigenvalue weighted by Gasteiger charge is -2.16. The molecule has 0 spiro atoms. The van der Waals surface area contributed by atoms with Gasteiger partial charge in [0.15, 0.2) is 0 Å². The maximum absolute atomic E-state index is 13.7. The zero-order valence-electron chi connectivity index (χ0n) is 13.3. The molecule has 0 saturated heterocycles. The minimum atomic E-state index is -0.641. The van der Waals surface area contributed by atoms with E-state index in [1.165, 1.54) is 17.7 Å². The SMILES string of the molecule is Cc1ccc(OC[C@@H](C)NC(=O)c2ccc(Cl)cc2F)cc1C. The summed E-state index contributed by atoms with van der Waals surface area (Å²) < 4.78 is 19.4. The Hall–Kier alpha value is -2.07. The van der Waals surface area contributed by atoms with Gasteiger partial charge in [-0.1, -0.05) is 17.7 Å². The third-order valence-electron chi connectivity index (χ3n) is 3.53. The van der Waals surface area contributed by atoms with E-state index < -0.39 is 11.7 Å². The Balaban J connectivity index is 1.92. The molecule has 0 unspecified atom stereocenters.